The topological polar surface area (TPSA) is 147 Å². The fraction of sp³-hybridized carbons (Fsp3) is 0.455. The normalized spacial score (nSPS) is 30.1. The maximum atomic E-state index is 11.9. The predicted molar refractivity (Wildman–Crippen MR) is 67.8 cm³/mol. The van der Waals surface area contributed by atoms with Gasteiger partial charge in [0.15, 0.2) is 6.23 Å². The van der Waals surface area contributed by atoms with Crippen molar-refractivity contribution >= 4 is 16.9 Å². The number of hydrogen-bond donors (Lipinski definition) is 5. The molecule has 1 aliphatic rings. The lowest BCUT2D eigenvalue weighted by molar-refractivity contribution is -0.0509. The van der Waals surface area contributed by atoms with Crippen LogP contribution in [0.25, 0.3) is 11.0 Å². The molecule has 0 radical (unpaired) electrons. The van der Waals surface area contributed by atoms with Crippen molar-refractivity contribution in [2.45, 2.75) is 24.5 Å². The van der Waals surface area contributed by atoms with Crippen LogP contribution < -0.4 is 11.3 Å². The smallest absolute Gasteiger partial charge is 0.275 e. The van der Waals surface area contributed by atoms with Crippen molar-refractivity contribution in [3.05, 3.63) is 22.7 Å². The van der Waals surface area contributed by atoms with Gasteiger partial charge >= 0.3 is 0 Å². The molecule has 0 saturated carbocycles. The molecule has 0 spiro atoms. The van der Waals surface area contributed by atoms with E-state index in [0.717, 1.165) is 0 Å². The number of nitrogen functional groups attached to an aromatic ring is 1. The van der Waals surface area contributed by atoms with Crippen LogP contribution in [0.5, 0.6) is 0 Å². The second-order valence-corrected chi connectivity index (χ2v) is 4.67. The Labute approximate surface area is 112 Å². The van der Waals surface area contributed by atoms with Gasteiger partial charge in [-0.2, -0.15) is 0 Å². The van der Waals surface area contributed by atoms with Crippen LogP contribution in [-0.4, -0.2) is 54.8 Å². The van der Waals surface area contributed by atoms with Crippen molar-refractivity contribution in [1.29, 1.82) is 0 Å². The van der Waals surface area contributed by atoms with Crippen molar-refractivity contribution in [1.82, 2.24) is 14.5 Å². The van der Waals surface area contributed by atoms with E-state index in [1.807, 2.05) is 0 Å². The highest BCUT2D eigenvalue weighted by Gasteiger charge is 2.43. The maximum Gasteiger partial charge on any atom is 0.275 e. The van der Waals surface area contributed by atoms with Gasteiger partial charge in [0.05, 0.1) is 18.5 Å². The Bertz CT molecular complexity index is 696. The summed E-state index contributed by atoms with van der Waals surface area (Å²) in [6, 6.07) is 1.48. The summed E-state index contributed by atoms with van der Waals surface area (Å²) in [7, 11) is 0. The number of aliphatic hydroxyl groups excluding tert-OH is 3. The van der Waals surface area contributed by atoms with Gasteiger partial charge in [-0.15, -0.1) is 0 Å². The van der Waals surface area contributed by atoms with E-state index in [9.17, 15) is 15.0 Å². The van der Waals surface area contributed by atoms with Crippen LogP contribution >= 0.6 is 0 Å². The molecule has 0 unspecified atom stereocenters. The minimum absolute atomic E-state index is 0.175. The Hall–Kier alpha value is -1.94. The van der Waals surface area contributed by atoms with E-state index >= 15 is 0 Å². The number of ether oxygens (including phenoxy) is 1. The van der Waals surface area contributed by atoms with Gasteiger partial charge in [0.1, 0.15) is 29.6 Å². The van der Waals surface area contributed by atoms with Gasteiger partial charge in [0.25, 0.3) is 5.56 Å². The lowest BCUT2D eigenvalue weighted by Gasteiger charge is -2.16. The second kappa shape index (κ2) is 4.56. The second-order valence-electron chi connectivity index (χ2n) is 4.67. The van der Waals surface area contributed by atoms with Gasteiger partial charge in [-0.3, -0.25) is 9.36 Å². The molecule has 2 aromatic rings. The first-order chi connectivity index (χ1) is 9.52. The first-order valence-corrected chi connectivity index (χ1v) is 6.00. The number of hydrogen-bond acceptors (Lipinski definition) is 7. The fourth-order valence-electron chi connectivity index (χ4n) is 2.39. The Morgan fingerprint density at radius 3 is 2.85 bits per heavy atom. The molecule has 9 nitrogen and oxygen atoms in total. The summed E-state index contributed by atoms with van der Waals surface area (Å²) in [6.45, 7) is -0.440. The highest BCUT2D eigenvalue weighted by atomic mass is 16.6. The van der Waals surface area contributed by atoms with Gasteiger partial charge < -0.3 is 30.8 Å². The van der Waals surface area contributed by atoms with E-state index in [4.69, 9.17) is 15.6 Å². The van der Waals surface area contributed by atoms with Crippen LogP contribution in [0.1, 0.15) is 6.23 Å². The maximum absolute atomic E-state index is 11.9. The third kappa shape index (κ3) is 1.79. The van der Waals surface area contributed by atoms with E-state index in [1.165, 1.54) is 17.0 Å². The number of aromatic amines is 1. The number of H-pyrrole nitrogens is 1. The quantitative estimate of drug-likeness (QED) is 0.424. The number of rotatable bonds is 2. The van der Waals surface area contributed by atoms with Crippen molar-refractivity contribution in [3.63, 3.8) is 0 Å². The molecule has 3 rings (SSSR count). The van der Waals surface area contributed by atoms with E-state index < -0.39 is 36.7 Å². The van der Waals surface area contributed by atoms with Crippen LogP contribution in [0.3, 0.4) is 0 Å². The van der Waals surface area contributed by atoms with Gasteiger partial charge in [0, 0.05) is 6.07 Å². The Balaban J connectivity index is 2.10. The third-order valence-corrected chi connectivity index (χ3v) is 3.38. The van der Waals surface area contributed by atoms with Crippen LogP contribution in [0.2, 0.25) is 0 Å². The minimum atomic E-state index is -1.28. The molecule has 20 heavy (non-hydrogen) atoms. The molecule has 0 aliphatic carbocycles. The van der Waals surface area contributed by atoms with E-state index in [0.29, 0.717) is 5.52 Å². The van der Waals surface area contributed by atoms with Crippen molar-refractivity contribution in [2.75, 3.05) is 12.3 Å². The monoisotopic (exact) mass is 282 g/mol. The molecular weight excluding hydrogens is 268 g/mol. The number of nitrogens with one attached hydrogen (secondary N) is 1. The zero-order valence-corrected chi connectivity index (χ0v) is 10.3. The first kappa shape index (κ1) is 13.1. The van der Waals surface area contributed by atoms with Crippen LogP contribution in [0.15, 0.2) is 17.2 Å². The van der Waals surface area contributed by atoms with Crippen LogP contribution in [0.4, 0.5) is 5.82 Å². The lowest BCUT2D eigenvalue weighted by atomic mass is 10.1. The Morgan fingerprint density at radius 2 is 2.20 bits per heavy atom. The van der Waals surface area contributed by atoms with Crippen LogP contribution in [-0.2, 0) is 4.74 Å². The third-order valence-electron chi connectivity index (χ3n) is 3.38. The highest BCUT2D eigenvalue weighted by molar-refractivity contribution is 5.76. The number of pyridine rings is 1. The number of imidazole rings is 1. The van der Waals surface area contributed by atoms with Crippen molar-refractivity contribution < 1.29 is 20.1 Å². The van der Waals surface area contributed by atoms with E-state index in [-0.39, 0.29) is 11.3 Å². The summed E-state index contributed by atoms with van der Waals surface area (Å²) in [5.41, 5.74) is 5.57. The van der Waals surface area contributed by atoms with Crippen molar-refractivity contribution in [3.8, 4) is 0 Å². The predicted octanol–water partition coefficient (Wildman–Crippen LogP) is -2.08. The molecule has 108 valence electrons. The molecular formula is C11H14N4O5. The van der Waals surface area contributed by atoms with Gasteiger partial charge in [-0.05, 0) is 0 Å². The number of fused-ring (bicyclic) bond motifs is 1. The Morgan fingerprint density at radius 1 is 1.45 bits per heavy atom. The summed E-state index contributed by atoms with van der Waals surface area (Å²) in [6.07, 6.45) is -3.12. The molecule has 9 heteroatoms. The lowest BCUT2D eigenvalue weighted by Crippen LogP contribution is -2.33. The zero-order chi connectivity index (χ0) is 14.4. The van der Waals surface area contributed by atoms with Gasteiger partial charge in [-0.25, -0.2) is 4.98 Å². The molecule has 0 aromatic carbocycles. The van der Waals surface area contributed by atoms with Crippen molar-refractivity contribution in [2.24, 2.45) is 0 Å². The number of aliphatic hydroxyl groups is 3. The fourth-order valence-corrected chi connectivity index (χ4v) is 2.39. The summed E-state index contributed by atoms with van der Waals surface area (Å²) >= 11 is 0. The highest BCUT2D eigenvalue weighted by Crippen LogP contribution is 2.30. The van der Waals surface area contributed by atoms with Gasteiger partial charge in [-0.1, -0.05) is 0 Å². The molecule has 3 heterocycles. The summed E-state index contributed by atoms with van der Waals surface area (Å²) < 4.78 is 6.68. The molecule has 4 atom stereocenters. The molecule has 1 aliphatic heterocycles. The molecule has 1 fully saturated rings. The van der Waals surface area contributed by atoms with Crippen LogP contribution in [0, 0.1) is 0 Å². The molecule has 0 bridgehead atoms. The summed E-state index contributed by atoms with van der Waals surface area (Å²) in [5, 5.41) is 28.8. The molecule has 0 amide bonds. The number of nitrogens with zero attached hydrogens (tertiary/aromatic N) is 2. The first-order valence-electron chi connectivity index (χ1n) is 6.00. The van der Waals surface area contributed by atoms with E-state index in [2.05, 4.69) is 9.97 Å². The average Bonchev–Trinajstić information content (AvgIpc) is 2.93. The SMILES string of the molecule is Nc1cc2ncn([C@H]3O[C@@H](CO)[C@H](O)[C@@H]3O)c2c(=O)[nH]1. The van der Waals surface area contributed by atoms with E-state index in [1.54, 1.807) is 0 Å². The molecule has 6 N–H and O–H groups in total. The molecule has 1 saturated heterocycles. The van der Waals surface area contributed by atoms with Gasteiger partial charge in [0.2, 0.25) is 0 Å². The standard InChI is InChI=1S/C11H14N4O5/c12-6-1-4-7(10(19)14-6)15(3-13-4)11-9(18)8(17)5(2-16)20-11/h1,3,5,8-9,11,16-18H,2H2,(H3,12,14,19)/t5-,8-,9-,11-/m0/s1. The summed E-state index contributed by atoms with van der Waals surface area (Å²) in [5.74, 6) is 0.175. The number of anilines is 1. The zero-order valence-electron chi connectivity index (χ0n) is 10.3. The largest absolute Gasteiger partial charge is 0.394 e. The average molecular weight is 282 g/mol. The summed E-state index contributed by atoms with van der Waals surface area (Å²) in [4.78, 5) is 18.4. The Kier molecular flexibility index (Phi) is 2.98. The number of nitrogens with two attached hydrogens (primary N) is 1. The minimum Gasteiger partial charge on any atom is -0.394 e. The molecule has 2 aromatic heterocycles. The number of aromatic nitrogens is 3.